The first-order valence-corrected chi connectivity index (χ1v) is 11.8. The predicted molar refractivity (Wildman–Crippen MR) is 119 cm³/mol. The molecule has 0 amide bonds. The second kappa shape index (κ2) is 17.7. The number of hydrogen-bond donors (Lipinski definition) is 3. The minimum atomic E-state index is -0.438. The minimum Gasteiger partial charge on any atom is -0.311 e. The zero-order valence-electron chi connectivity index (χ0n) is 18.1. The highest BCUT2D eigenvalue weighted by Crippen LogP contribution is 2.13. The number of aromatic nitrogens is 2. The first kappa shape index (κ1) is 24.7. The van der Waals surface area contributed by atoms with E-state index >= 15 is 0 Å². The summed E-state index contributed by atoms with van der Waals surface area (Å²) in [5, 5.41) is 3.28. The molecule has 0 aliphatic carbocycles. The quantitative estimate of drug-likeness (QED) is 0.275. The molecule has 3 N–H and O–H groups in total. The van der Waals surface area contributed by atoms with Gasteiger partial charge >= 0.3 is 5.69 Å². The van der Waals surface area contributed by atoms with Crippen LogP contribution in [0.1, 0.15) is 115 Å². The molecule has 1 heterocycles. The average molecular weight is 394 g/mol. The molecular formula is C23H43N3O2. The molecule has 1 rings (SSSR count). The molecule has 0 radical (unpaired) electrons. The molecule has 28 heavy (non-hydrogen) atoms. The summed E-state index contributed by atoms with van der Waals surface area (Å²) < 4.78 is 0. The minimum absolute atomic E-state index is 0.344. The number of rotatable bonds is 19. The molecule has 0 fully saturated rings. The standard InChI is InChI=1S/C23H43N3O2/c1-2-3-4-5-6-7-8-9-10-11-12-13-14-15-16-17-18-24-20-21-19-22(27)26-23(28)25-21/h19,24H,2-18,20H2,1H3,(H2,25,26,27,28). The zero-order chi connectivity index (χ0) is 20.3. The van der Waals surface area contributed by atoms with Crippen LogP contribution in [0.5, 0.6) is 0 Å². The predicted octanol–water partition coefficient (Wildman–Crippen LogP) is 5.41. The fourth-order valence-electron chi connectivity index (χ4n) is 3.64. The Morgan fingerprint density at radius 3 is 1.61 bits per heavy atom. The number of aromatic amines is 2. The van der Waals surface area contributed by atoms with Gasteiger partial charge in [0.2, 0.25) is 0 Å². The Bertz CT molecular complexity index is 551. The summed E-state index contributed by atoms with van der Waals surface area (Å²) in [6.07, 6.45) is 22.0. The zero-order valence-corrected chi connectivity index (χ0v) is 18.1. The maximum absolute atomic E-state index is 11.2. The van der Waals surface area contributed by atoms with Crippen molar-refractivity contribution in [3.05, 3.63) is 32.6 Å². The van der Waals surface area contributed by atoms with Gasteiger partial charge in [-0.3, -0.25) is 9.78 Å². The van der Waals surface area contributed by atoms with Gasteiger partial charge in [-0.15, -0.1) is 0 Å². The van der Waals surface area contributed by atoms with Gasteiger partial charge in [-0.1, -0.05) is 103 Å². The molecule has 1 aromatic heterocycles. The van der Waals surface area contributed by atoms with E-state index in [4.69, 9.17) is 0 Å². The molecule has 0 aromatic carbocycles. The normalized spacial score (nSPS) is 11.2. The van der Waals surface area contributed by atoms with Crippen molar-refractivity contribution in [1.29, 1.82) is 0 Å². The Hall–Kier alpha value is -1.36. The van der Waals surface area contributed by atoms with Gasteiger partial charge in [-0.05, 0) is 13.0 Å². The maximum Gasteiger partial charge on any atom is 0.325 e. The van der Waals surface area contributed by atoms with E-state index < -0.39 is 5.69 Å². The van der Waals surface area contributed by atoms with Crippen molar-refractivity contribution in [2.75, 3.05) is 6.54 Å². The van der Waals surface area contributed by atoms with Crippen LogP contribution in [0.15, 0.2) is 15.7 Å². The van der Waals surface area contributed by atoms with Crippen LogP contribution in [0.3, 0.4) is 0 Å². The van der Waals surface area contributed by atoms with Crippen LogP contribution in [0, 0.1) is 0 Å². The Morgan fingerprint density at radius 1 is 0.679 bits per heavy atom. The lowest BCUT2D eigenvalue weighted by molar-refractivity contribution is 0.524. The molecule has 162 valence electrons. The van der Waals surface area contributed by atoms with Crippen LogP contribution >= 0.6 is 0 Å². The van der Waals surface area contributed by atoms with Gasteiger partial charge in [0, 0.05) is 18.3 Å². The van der Waals surface area contributed by atoms with Crippen molar-refractivity contribution < 1.29 is 0 Å². The van der Waals surface area contributed by atoms with Gasteiger partial charge in [-0.2, -0.15) is 0 Å². The molecule has 0 unspecified atom stereocenters. The third-order valence-electron chi connectivity index (χ3n) is 5.34. The van der Waals surface area contributed by atoms with Crippen LogP contribution < -0.4 is 16.6 Å². The highest BCUT2D eigenvalue weighted by atomic mass is 16.2. The molecular weight excluding hydrogens is 350 g/mol. The van der Waals surface area contributed by atoms with E-state index in [0.717, 1.165) is 13.0 Å². The Morgan fingerprint density at radius 2 is 1.14 bits per heavy atom. The van der Waals surface area contributed by atoms with Crippen LogP contribution in [0.4, 0.5) is 0 Å². The summed E-state index contributed by atoms with van der Waals surface area (Å²) in [6.45, 7) is 3.74. The van der Waals surface area contributed by atoms with Gasteiger partial charge < -0.3 is 10.3 Å². The third kappa shape index (κ3) is 14.7. The number of H-pyrrole nitrogens is 2. The molecule has 0 atom stereocenters. The highest BCUT2D eigenvalue weighted by molar-refractivity contribution is 4.97. The van der Waals surface area contributed by atoms with Crippen molar-refractivity contribution in [1.82, 2.24) is 15.3 Å². The molecule has 0 aliphatic rings. The van der Waals surface area contributed by atoms with Gasteiger partial charge in [0.15, 0.2) is 0 Å². The first-order chi connectivity index (χ1) is 13.7. The van der Waals surface area contributed by atoms with Crippen molar-refractivity contribution in [3.8, 4) is 0 Å². The SMILES string of the molecule is CCCCCCCCCCCCCCCCCCNCc1cc(=O)[nH]c(=O)[nH]1. The fraction of sp³-hybridized carbons (Fsp3) is 0.826. The van der Waals surface area contributed by atoms with Gasteiger partial charge in [0.25, 0.3) is 5.56 Å². The number of hydrogen-bond acceptors (Lipinski definition) is 3. The van der Waals surface area contributed by atoms with E-state index in [-0.39, 0.29) is 5.56 Å². The fourth-order valence-corrected chi connectivity index (χ4v) is 3.64. The lowest BCUT2D eigenvalue weighted by Gasteiger charge is -2.05. The second-order valence-corrected chi connectivity index (χ2v) is 8.09. The molecule has 0 aliphatic heterocycles. The molecule has 5 nitrogen and oxygen atoms in total. The van der Waals surface area contributed by atoms with Crippen molar-refractivity contribution in [3.63, 3.8) is 0 Å². The summed E-state index contributed by atoms with van der Waals surface area (Å²) in [5.74, 6) is 0. The van der Waals surface area contributed by atoms with Gasteiger partial charge in [0.1, 0.15) is 0 Å². The Kier molecular flexibility index (Phi) is 15.6. The lowest BCUT2D eigenvalue weighted by Crippen LogP contribution is -2.26. The van der Waals surface area contributed by atoms with Crippen LogP contribution in [-0.4, -0.2) is 16.5 Å². The van der Waals surface area contributed by atoms with Crippen LogP contribution in [0.2, 0.25) is 0 Å². The first-order valence-electron chi connectivity index (χ1n) is 11.8. The summed E-state index contributed by atoms with van der Waals surface area (Å²) in [6, 6.07) is 1.43. The van der Waals surface area contributed by atoms with Crippen LogP contribution in [-0.2, 0) is 6.54 Å². The molecule has 0 saturated heterocycles. The highest BCUT2D eigenvalue weighted by Gasteiger charge is 1.97. The number of unbranched alkanes of at least 4 members (excludes halogenated alkanes) is 15. The van der Waals surface area contributed by atoms with E-state index in [2.05, 4.69) is 22.2 Å². The van der Waals surface area contributed by atoms with Crippen molar-refractivity contribution in [2.24, 2.45) is 0 Å². The van der Waals surface area contributed by atoms with E-state index in [1.54, 1.807) is 0 Å². The van der Waals surface area contributed by atoms with E-state index in [0.29, 0.717) is 12.2 Å². The Labute approximate surface area is 171 Å². The molecule has 0 spiro atoms. The molecule has 0 saturated carbocycles. The average Bonchev–Trinajstić information content (AvgIpc) is 2.66. The van der Waals surface area contributed by atoms with Crippen molar-refractivity contribution in [2.45, 2.75) is 116 Å². The Balaban J connectivity index is 1.77. The van der Waals surface area contributed by atoms with E-state index in [1.807, 2.05) is 0 Å². The molecule has 5 heteroatoms. The monoisotopic (exact) mass is 393 g/mol. The van der Waals surface area contributed by atoms with Crippen molar-refractivity contribution >= 4 is 0 Å². The second-order valence-electron chi connectivity index (χ2n) is 8.09. The maximum atomic E-state index is 11.2. The lowest BCUT2D eigenvalue weighted by atomic mass is 10.0. The van der Waals surface area contributed by atoms with Gasteiger partial charge in [0.05, 0.1) is 0 Å². The molecule has 1 aromatic rings. The summed E-state index contributed by atoms with van der Waals surface area (Å²) in [7, 11) is 0. The van der Waals surface area contributed by atoms with Gasteiger partial charge in [-0.25, -0.2) is 4.79 Å². The van der Waals surface area contributed by atoms with E-state index in [9.17, 15) is 9.59 Å². The van der Waals surface area contributed by atoms with E-state index in [1.165, 1.54) is 102 Å². The summed E-state index contributed by atoms with van der Waals surface area (Å²) in [5.41, 5.74) is -0.139. The number of nitrogens with one attached hydrogen (secondary N) is 3. The largest absolute Gasteiger partial charge is 0.325 e. The molecule has 0 bridgehead atoms. The summed E-state index contributed by atoms with van der Waals surface area (Å²) in [4.78, 5) is 27.2. The summed E-state index contributed by atoms with van der Waals surface area (Å²) >= 11 is 0. The topological polar surface area (TPSA) is 77.8 Å². The smallest absolute Gasteiger partial charge is 0.311 e. The van der Waals surface area contributed by atoms with Crippen LogP contribution in [0.25, 0.3) is 0 Å². The third-order valence-corrected chi connectivity index (χ3v) is 5.34.